The fourth-order valence-corrected chi connectivity index (χ4v) is 9.32. The molecule has 0 radical (unpaired) electrons. The Morgan fingerprint density at radius 3 is 1.75 bits per heavy atom. The Hall–Kier alpha value is -6.44. The molecule has 0 bridgehead atoms. The number of para-hydroxylation sites is 1. The monoisotopic (exact) mass is 662 g/mol. The van der Waals surface area contributed by atoms with Crippen molar-refractivity contribution in [3.63, 3.8) is 0 Å². The Morgan fingerprint density at radius 1 is 0.346 bits per heavy atom. The van der Waals surface area contributed by atoms with Gasteiger partial charge >= 0.3 is 0 Å². The SMILES string of the molecule is CC1(C)c2ccccc2-c2c1cc(-c1c3ccccc3c(-c3ccccc3)c3ccc(-c4cccc5oc6ccccc6c45)cc13)c1ccccc21. The maximum absolute atomic E-state index is 6.37. The van der Waals surface area contributed by atoms with Crippen LogP contribution in [0, 0.1) is 0 Å². The molecular formula is C51H34O. The maximum Gasteiger partial charge on any atom is 0.136 e. The van der Waals surface area contributed by atoms with Crippen LogP contribution in [0.2, 0.25) is 0 Å². The number of hydrogen-bond acceptors (Lipinski definition) is 1. The van der Waals surface area contributed by atoms with Crippen molar-refractivity contribution < 1.29 is 4.42 Å². The van der Waals surface area contributed by atoms with Crippen LogP contribution in [0.5, 0.6) is 0 Å². The highest BCUT2D eigenvalue weighted by molar-refractivity contribution is 6.25. The molecule has 0 amide bonds. The molecule has 0 unspecified atom stereocenters. The summed E-state index contributed by atoms with van der Waals surface area (Å²) in [6.45, 7) is 4.78. The van der Waals surface area contributed by atoms with Gasteiger partial charge in [0.25, 0.3) is 0 Å². The Kier molecular flexibility index (Phi) is 6.08. The standard InChI is InChI=1S/C51H34O/c1-51(2)43-24-12-10-21-39(43)49-35-18-7-6-17-34(35)42(30-44(49)51)48-37-20-9-8-19-36(37)47(31-15-4-3-5-16-31)38-28-27-32(29-41(38)48)33-23-14-26-46-50(33)40-22-11-13-25-45(40)52-46/h3-30H,1-2H3. The minimum atomic E-state index is -0.135. The smallest absolute Gasteiger partial charge is 0.136 e. The summed E-state index contributed by atoms with van der Waals surface area (Å²) in [4.78, 5) is 0. The van der Waals surface area contributed by atoms with Gasteiger partial charge in [0, 0.05) is 16.2 Å². The van der Waals surface area contributed by atoms with Crippen LogP contribution in [-0.4, -0.2) is 0 Å². The Morgan fingerprint density at radius 2 is 0.942 bits per heavy atom. The third kappa shape index (κ3) is 3.99. The van der Waals surface area contributed by atoms with Gasteiger partial charge in [0.1, 0.15) is 11.2 Å². The van der Waals surface area contributed by atoms with Crippen molar-refractivity contribution in [2.45, 2.75) is 19.3 Å². The molecule has 1 heterocycles. The molecule has 0 N–H and O–H groups in total. The lowest BCUT2D eigenvalue weighted by molar-refractivity contribution is 0.661. The van der Waals surface area contributed by atoms with Crippen LogP contribution in [-0.2, 0) is 5.41 Å². The zero-order valence-corrected chi connectivity index (χ0v) is 29.1. The average Bonchev–Trinajstić information content (AvgIpc) is 3.69. The largest absolute Gasteiger partial charge is 0.456 e. The van der Waals surface area contributed by atoms with Crippen molar-refractivity contribution in [1.82, 2.24) is 0 Å². The summed E-state index contributed by atoms with van der Waals surface area (Å²) in [6, 6.07) is 62.4. The van der Waals surface area contributed by atoms with Crippen molar-refractivity contribution in [2.75, 3.05) is 0 Å². The summed E-state index contributed by atoms with van der Waals surface area (Å²) >= 11 is 0. The quantitative estimate of drug-likeness (QED) is 0.172. The second-order valence-corrected chi connectivity index (χ2v) is 14.8. The normalized spacial score (nSPS) is 13.3. The van der Waals surface area contributed by atoms with Gasteiger partial charge in [-0.2, -0.15) is 0 Å². The Balaban J connectivity index is 1.31. The average molecular weight is 663 g/mol. The van der Waals surface area contributed by atoms with Crippen LogP contribution in [0.1, 0.15) is 25.0 Å². The molecule has 1 aliphatic rings. The van der Waals surface area contributed by atoms with Gasteiger partial charge in [-0.3, -0.25) is 0 Å². The van der Waals surface area contributed by atoms with E-state index >= 15 is 0 Å². The summed E-state index contributed by atoms with van der Waals surface area (Å²) in [5.74, 6) is 0. The van der Waals surface area contributed by atoms with E-state index in [2.05, 4.69) is 178 Å². The van der Waals surface area contributed by atoms with E-state index in [0.29, 0.717) is 0 Å². The molecule has 11 rings (SSSR count). The van der Waals surface area contributed by atoms with Crippen molar-refractivity contribution in [3.05, 3.63) is 181 Å². The molecule has 1 aromatic heterocycles. The Bertz CT molecular complexity index is 3090. The molecule has 244 valence electrons. The predicted molar refractivity (Wildman–Crippen MR) is 220 cm³/mol. The van der Waals surface area contributed by atoms with Crippen molar-refractivity contribution in [1.29, 1.82) is 0 Å². The lowest BCUT2D eigenvalue weighted by Crippen LogP contribution is -2.15. The lowest BCUT2D eigenvalue weighted by Gasteiger charge is -2.24. The number of furan rings is 1. The van der Waals surface area contributed by atoms with Crippen LogP contribution in [0.15, 0.2) is 174 Å². The van der Waals surface area contributed by atoms with Crippen molar-refractivity contribution in [3.8, 4) is 44.5 Å². The molecule has 0 saturated carbocycles. The molecule has 0 spiro atoms. The summed E-state index contributed by atoms with van der Waals surface area (Å²) < 4.78 is 6.37. The number of hydrogen-bond donors (Lipinski definition) is 0. The van der Waals surface area contributed by atoms with Crippen LogP contribution in [0.4, 0.5) is 0 Å². The van der Waals surface area contributed by atoms with Crippen LogP contribution in [0.3, 0.4) is 0 Å². The molecule has 9 aromatic carbocycles. The number of rotatable bonds is 3. The molecule has 0 fully saturated rings. The van der Waals surface area contributed by atoms with E-state index in [9.17, 15) is 0 Å². The fourth-order valence-electron chi connectivity index (χ4n) is 9.32. The predicted octanol–water partition coefficient (Wildman–Crippen LogP) is 14.4. The first-order valence-electron chi connectivity index (χ1n) is 18.2. The highest BCUT2D eigenvalue weighted by Crippen LogP contribution is 2.55. The topological polar surface area (TPSA) is 13.1 Å². The molecular weight excluding hydrogens is 629 g/mol. The fraction of sp³-hybridized carbons (Fsp3) is 0.0588. The minimum Gasteiger partial charge on any atom is -0.456 e. The highest BCUT2D eigenvalue weighted by atomic mass is 16.3. The summed E-state index contributed by atoms with van der Waals surface area (Å²) in [7, 11) is 0. The van der Waals surface area contributed by atoms with E-state index in [1.54, 1.807) is 0 Å². The van der Waals surface area contributed by atoms with E-state index in [4.69, 9.17) is 4.42 Å². The molecule has 1 heteroatoms. The van der Waals surface area contributed by atoms with Gasteiger partial charge in [-0.15, -0.1) is 0 Å². The number of benzene rings is 9. The summed E-state index contributed by atoms with van der Waals surface area (Å²) in [6.07, 6.45) is 0. The van der Waals surface area contributed by atoms with E-state index in [1.165, 1.54) is 88.0 Å². The molecule has 52 heavy (non-hydrogen) atoms. The van der Waals surface area contributed by atoms with E-state index < -0.39 is 0 Å². The third-order valence-corrected chi connectivity index (χ3v) is 11.7. The minimum absolute atomic E-state index is 0.135. The van der Waals surface area contributed by atoms with Crippen LogP contribution in [0.25, 0.3) is 98.8 Å². The molecule has 10 aromatic rings. The van der Waals surface area contributed by atoms with E-state index in [0.717, 1.165) is 21.9 Å². The number of fused-ring (bicyclic) bond motifs is 10. The first-order valence-corrected chi connectivity index (χ1v) is 18.2. The lowest BCUT2D eigenvalue weighted by atomic mass is 9.78. The molecule has 0 saturated heterocycles. The second kappa shape index (κ2) is 10.8. The third-order valence-electron chi connectivity index (χ3n) is 11.7. The van der Waals surface area contributed by atoms with Crippen molar-refractivity contribution >= 4 is 54.3 Å². The van der Waals surface area contributed by atoms with Gasteiger partial charge in [-0.25, -0.2) is 0 Å². The second-order valence-electron chi connectivity index (χ2n) is 14.8. The summed E-state index contributed by atoms with van der Waals surface area (Å²) in [5.41, 5.74) is 14.6. The maximum atomic E-state index is 6.37. The van der Waals surface area contributed by atoms with Gasteiger partial charge < -0.3 is 4.42 Å². The zero-order valence-electron chi connectivity index (χ0n) is 29.1. The van der Waals surface area contributed by atoms with Gasteiger partial charge in [-0.1, -0.05) is 159 Å². The molecule has 1 aliphatic carbocycles. The molecule has 1 nitrogen and oxygen atoms in total. The van der Waals surface area contributed by atoms with Crippen LogP contribution < -0.4 is 0 Å². The first-order chi connectivity index (χ1) is 25.6. The summed E-state index contributed by atoms with van der Waals surface area (Å²) in [5, 5.41) is 9.91. The van der Waals surface area contributed by atoms with Gasteiger partial charge in [0.05, 0.1) is 0 Å². The highest BCUT2D eigenvalue weighted by Gasteiger charge is 2.37. The van der Waals surface area contributed by atoms with Crippen molar-refractivity contribution in [2.24, 2.45) is 0 Å². The van der Waals surface area contributed by atoms with Crippen LogP contribution >= 0.6 is 0 Å². The molecule has 0 atom stereocenters. The zero-order chi connectivity index (χ0) is 34.6. The Labute approximate surface area is 302 Å². The van der Waals surface area contributed by atoms with E-state index in [-0.39, 0.29) is 5.41 Å². The van der Waals surface area contributed by atoms with Gasteiger partial charge in [0.15, 0.2) is 0 Å². The molecule has 0 aliphatic heterocycles. The van der Waals surface area contributed by atoms with E-state index in [1.807, 2.05) is 6.07 Å². The first kappa shape index (κ1) is 29.3. The van der Waals surface area contributed by atoms with Gasteiger partial charge in [-0.05, 0) is 112 Å². The van der Waals surface area contributed by atoms with Gasteiger partial charge in [0.2, 0.25) is 0 Å².